The van der Waals surface area contributed by atoms with Crippen molar-refractivity contribution in [3.63, 3.8) is 0 Å². The molecular formula is C20H22F3NO2. The normalized spacial score (nSPS) is 13.3. The Labute approximate surface area is 151 Å². The van der Waals surface area contributed by atoms with E-state index in [0.717, 1.165) is 23.3 Å². The second-order valence-corrected chi connectivity index (χ2v) is 7.19. The molecule has 2 N–H and O–H groups in total. The smallest absolute Gasteiger partial charge is 0.416 e. The Morgan fingerprint density at radius 1 is 1.04 bits per heavy atom. The molecule has 1 amide bonds. The van der Waals surface area contributed by atoms with Crippen LogP contribution in [0.2, 0.25) is 0 Å². The predicted molar refractivity (Wildman–Crippen MR) is 93.9 cm³/mol. The van der Waals surface area contributed by atoms with Crippen LogP contribution < -0.4 is 10.5 Å². The minimum Gasteiger partial charge on any atom is -0.480 e. The van der Waals surface area contributed by atoms with Crippen molar-refractivity contribution in [3.05, 3.63) is 65.2 Å². The standard InChI is InChI=1S/C20H22F3NO2/c1-19(2,3)14-9-7-13(8-10-14)11-17(18(24)25)26-16-6-4-5-15(12-16)20(21,22)23/h4-10,12,17H,11H2,1-3H3,(H2,24,25). The maximum atomic E-state index is 12.8. The van der Waals surface area contributed by atoms with Crippen molar-refractivity contribution in [2.45, 2.75) is 44.9 Å². The molecule has 0 saturated heterocycles. The number of hydrogen-bond acceptors (Lipinski definition) is 2. The van der Waals surface area contributed by atoms with E-state index in [1.54, 1.807) is 0 Å². The first-order valence-corrected chi connectivity index (χ1v) is 8.19. The van der Waals surface area contributed by atoms with E-state index in [1.165, 1.54) is 12.1 Å². The van der Waals surface area contributed by atoms with E-state index in [1.807, 2.05) is 24.3 Å². The molecular weight excluding hydrogens is 343 g/mol. The molecule has 0 aliphatic heterocycles. The summed E-state index contributed by atoms with van der Waals surface area (Å²) in [5, 5.41) is 0. The van der Waals surface area contributed by atoms with Crippen molar-refractivity contribution in [2.75, 3.05) is 0 Å². The lowest BCUT2D eigenvalue weighted by molar-refractivity contribution is -0.137. The molecule has 0 bridgehead atoms. The van der Waals surface area contributed by atoms with Gasteiger partial charge in [-0.15, -0.1) is 0 Å². The van der Waals surface area contributed by atoms with Gasteiger partial charge >= 0.3 is 6.18 Å². The minimum atomic E-state index is -4.48. The van der Waals surface area contributed by atoms with Gasteiger partial charge in [-0.25, -0.2) is 0 Å². The highest BCUT2D eigenvalue weighted by Gasteiger charge is 2.31. The Bertz CT molecular complexity index is 762. The number of halogens is 3. The minimum absolute atomic E-state index is 0.00382. The molecule has 0 saturated carbocycles. The first-order chi connectivity index (χ1) is 12.0. The third-order valence-electron chi connectivity index (χ3n) is 4.00. The Balaban J connectivity index is 2.16. The molecule has 26 heavy (non-hydrogen) atoms. The monoisotopic (exact) mass is 365 g/mol. The number of ether oxygens (including phenoxy) is 1. The van der Waals surface area contributed by atoms with Gasteiger partial charge in [-0.1, -0.05) is 51.1 Å². The predicted octanol–water partition coefficient (Wildman–Crippen LogP) is 4.48. The van der Waals surface area contributed by atoms with Crippen LogP contribution in [-0.2, 0) is 22.8 Å². The highest BCUT2D eigenvalue weighted by Crippen LogP contribution is 2.31. The van der Waals surface area contributed by atoms with Gasteiger partial charge in [0, 0.05) is 6.42 Å². The van der Waals surface area contributed by atoms with Crippen LogP contribution in [0.4, 0.5) is 13.2 Å². The number of rotatable bonds is 5. The van der Waals surface area contributed by atoms with E-state index in [4.69, 9.17) is 10.5 Å². The lowest BCUT2D eigenvalue weighted by atomic mass is 9.86. The van der Waals surface area contributed by atoms with Gasteiger partial charge in [-0.2, -0.15) is 13.2 Å². The summed E-state index contributed by atoms with van der Waals surface area (Å²) in [6.45, 7) is 6.26. The zero-order chi connectivity index (χ0) is 19.5. The van der Waals surface area contributed by atoms with Crippen molar-refractivity contribution in [1.82, 2.24) is 0 Å². The average molecular weight is 365 g/mol. The molecule has 0 fully saturated rings. The molecule has 0 radical (unpaired) electrons. The molecule has 6 heteroatoms. The lowest BCUT2D eigenvalue weighted by Gasteiger charge is -2.20. The quantitative estimate of drug-likeness (QED) is 0.849. The zero-order valence-electron chi connectivity index (χ0n) is 14.9. The number of alkyl halides is 3. The SMILES string of the molecule is CC(C)(C)c1ccc(CC(Oc2cccc(C(F)(F)F)c2)C(N)=O)cc1. The largest absolute Gasteiger partial charge is 0.480 e. The van der Waals surface area contributed by atoms with Gasteiger partial charge in [0.1, 0.15) is 5.75 Å². The highest BCUT2D eigenvalue weighted by molar-refractivity contribution is 5.79. The summed E-state index contributed by atoms with van der Waals surface area (Å²) in [5.74, 6) is -0.780. The molecule has 2 aromatic rings. The van der Waals surface area contributed by atoms with Gasteiger partial charge < -0.3 is 10.5 Å². The summed E-state index contributed by atoms with van der Waals surface area (Å²) in [7, 11) is 0. The molecule has 0 aliphatic carbocycles. The number of hydrogen-bond donors (Lipinski definition) is 1. The van der Waals surface area contributed by atoms with Crippen molar-refractivity contribution < 1.29 is 22.7 Å². The summed E-state index contributed by atoms with van der Waals surface area (Å²) in [6.07, 6.45) is -5.36. The summed E-state index contributed by atoms with van der Waals surface area (Å²) in [5.41, 5.74) is 6.47. The fourth-order valence-corrected chi connectivity index (χ4v) is 2.47. The van der Waals surface area contributed by atoms with Crippen LogP contribution in [0, 0.1) is 0 Å². The Morgan fingerprint density at radius 3 is 2.15 bits per heavy atom. The second-order valence-electron chi connectivity index (χ2n) is 7.19. The number of primary amides is 1. The van der Waals surface area contributed by atoms with Crippen molar-refractivity contribution in [1.29, 1.82) is 0 Å². The summed E-state index contributed by atoms with van der Waals surface area (Å²) in [6, 6.07) is 12.0. The maximum Gasteiger partial charge on any atom is 0.416 e. The first kappa shape index (κ1) is 19.8. The fraction of sp³-hybridized carbons (Fsp3) is 0.350. The number of carbonyl (C=O) groups excluding carboxylic acids is 1. The van der Waals surface area contributed by atoms with Crippen molar-refractivity contribution >= 4 is 5.91 Å². The average Bonchev–Trinajstić information content (AvgIpc) is 2.53. The van der Waals surface area contributed by atoms with E-state index in [9.17, 15) is 18.0 Å². The number of carbonyl (C=O) groups is 1. The van der Waals surface area contributed by atoms with Crippen molar-refractivity contribution in [3.8, 4) is 5.75 Å². The molecule has 0 aliphatic rings. The Hall–Kier alpha value is -2.50. The van der Waals surface area contributed by atoms with Crippen LogP contribution in [0.25, 0.3) is 0 Å². The molecule has 140 valence electrons. The summed E-state index contributed by atoms with van der Waals surface area (Å²) < 4.78 is 43.8. The van der Waals surface area contributed by atoms with Crippen LogP contribution in [0.15, 0.2) is 48.5 Å². The van der Waals surface area contributed by atoms with E-state index < -0.39 is 23.8 Å². The van der Waals surface area contributed by atoms with Crippen LogP contribution in [0.3, 0.4) is 0 Å². The van der Waals surface area contributed by atoms with Crippen molar-refractivity contribution in [2.24, 2.45) is 5.73 Å². The van der Waals surface area contributed by atoms with E-state index in [-0.39, 0.29) is 17.6 Å². The fourth-order valence-electron chi connectivity index (χ4n) is 2.47. The molecule has 1 unspecified atom stereocenters. The zero-order valence-corrected chi connectivity index (χ0v) is 14.9. The third kappa shape index (κ3) is 5.25. The Kier molecular flexibility index (Phi) is 5.64. The van der Waals surface area contributed by atoms with Crippen LogP contribution >= 0.6 is 0 Å². The van der Waals surface area contributed by atoms with E-state index >= 15 is 0 Å². The lowest BCUT2D eigenvalue weighted by Crippen LogP contribution is -2.35. The summed E-state index contributed by atoms with van der Waals surface area (Å²) in [4.78, 5) is 11.7. The second kappa shape index (κ2) is 7.40. The molecule has 1 atom stereocenters. The van der Waals surface area contributed by atoms with Gasteiger partial charge in [0.05, 0.1) is 5.56 Å². The van der Waals surface area contributed by atoms with Crippen LogP contribution in [0.1, 0.15) is 37.5 Å². The topological polar surface area (TPSA) is 52.3 Å². The number of nitrogens with two attached hydrogens (primary N) is 1. The van der Waals surface area contributed by atoms with Crippen LogP contribution in [0.5, 0.6) is 5.75 Å². The van der Waals surface area contributed by atoms with Gasteiger partial charge in [0.2, 0.25) is 0 Å². The number of amides is 1. The molecule has 0 heterocycles. The molecule has 2 aromatic carbocycles. The molecule has 0 aromatic heterocycles. The summed E-state index contributed by atoms with van der Waals surface area (Å²) >= 11 is 0. The van der Waals surface area contributed by atoms with Crippen LogP contribution in [-0.4, -0.2) is 12.0 Å². The van der Waals surface area contributed by atoms with E-state index in [2.05, 4.69) is 20.8 Å². The molecule has 3 nitrogen and oxygen atoms in total. The molecule has 0 spiro atoms. The van der Waals surface area contributed by atoms with Gasteiger partial charge in [0.25, 0.3) is 5.91 Å². The van der Waals surface area contributed by atoms with Gasteiger partial charge in [-0.3, -0.25) is 4.79 Å². The highest BCUT2D eigenvalue weighted by atomic mass is 19.4. The van der Waals surface area contributed by atoms with Gasteiger partial charge in [0.15, 0.2) is 6.10 Å². The maximum absolute atomic E-state index is 12.8. The third-order valence-corrected chi connectivity index (χ3v) is 4.00. The molecule has 2 rings (SSSR count). The van der Waals surface area contributed by atoms with Gasteiger partial charge in [-0.05, 0) is 34.7 Å². The number of benzene rings is 2. The first-order valence-electron chi connectivity index (χ1n) is 8.19. The van der Waals surface area contributed by atoms with E-state index in [0.29, 0.717) is 0 Å². The Morgan fingerprint density at radius 2 is 1.65 bits per heavy atom.